The number of nitrogens with zero attached hydrogens (tertiary/aromatic N) is 1. The quantitative estimate of drug-likeness (QED) is 0.881. The first kappa shape index (κ1) is 17.5. The van der Waals surface area contributed by atoms with Crippen molar-refractivity contribution in [1.29, 1.82) is 0 Å². The van der Waals surface area contributed by atoms with Crippen molar-refractivity contribution in [3.05, 3.63) is 48.0 Å². The van der Waals surface area contributed by atoms with E-state index in [2.05, 4.69) is 17.4 Å². The first-order valence-corrected chi connectivity index (χ1v) is 9.32. The number of hydrogen-bond donors (Lipinski definition) is 1. The van der Waals surface area contributed by atoms with Crippen molar-refractivity contribution in [3.8, 4) is 17.2 Å². The Kier molecular flexibility index (Phi) is 5.05. The molecule has 2 aromatic rings. The number of benzene rings is 2. The Morgan fingerprint density at radius 3 is 2.74 bits per heavy atom. The van der Waals surface area contributed by atoms with E-state index in [0.717, 1.165) is 37.2 Å². The highest BCUT2D eigenvalue weighted by Crippen LogP contribution is 2.34. The molecule has 4 rings (SSSR count). The van der Waals surface area contributed by atoms with Gasteiger partial charge in [-0.1, -0.05) is 18.6 Å². The maximum atomic E-state index is 12.8. The predicted molar refractivity (Wildman–Crippen MR) is 103 cm³/mol. The molecule has 0 radical (unpaired) electrons. The van der Waals surface area contributed by atoms with Crippen molar-refractivity contribution >= 4 is 11.7 Å². The van der Waals surface area contributed by atoms with Crippen LogP contribution in [0.5, 0.6) is 17.2 Å². The number of likely N-dealkylation sites (tertiary alicyclic amines) is 1. The van der Waals surface area contributed by atoms with Crippen LogP contribution in [0.3, 0.4) is 0 Å². The van der Waals surface area contributed by atoms with E-state index in [-0.39, 0.29) is 12.8 Å². The molecule has 1 saturated heterocycles. The van der Waals surface area contributed by atoms with Crippen molar-refractivity contribution in [2.75, 3.05) is 32.3 Å². The second-order valence-corrected chi connectivity index (χ2v) is 6.91. The molecule has 1 fully saturated rings. The topological polar surface area (TPSA) is 60.0 Å². The normalized spacial score (nSPS) is 18.7. The average Bonchev–Trinajstić information content (AvgIpc) is 3.02. The fraction of sp³-hybridized carbons (Fsp3) is 0.381. The molecule has 2 amide bonds. The van der Waals surface area contributed by atoms with Crippen molar-refractivity contribution in [2.45, 2.75) is 25.2 Å². The number of carbonyl (C=O) groups excluding carboxylic acids is 1. The monoisotopic (exact) mass is 368 g/mol. The van der Waals surface area contributed by atoms with E-state index in [9.17, 15) is 4.79 Å². The number of amides is 2. The second kappa shape index (κ2) is 7.78. The van der Waals surface area contributed by atoms with Crippen LogP contribution >= 0.6 is 0 Å². The zero-order valence-electron chi connectivity index (χ0n) is 15.4. The molecule has 1 atom stereocenters. The highest BCUT2D eigenvalue weighted by Gasteiger charge is 2.24. The summed E-state index contributed by atoms with van der Waals surface area (Å²) in [4.78, 5) is 14.7. The summed E-state index contributed by atoms with van der Waals surface area (Å²) >= 11 is 0. The van der Waals surface area contributed by atoms with Gasteiger partial charge in [0.1, 0.15) is 5.75 Å². The van der Waals surface area contributed by atoms with Crippen LogP contribution in [0.1, 0.15) is 30.7 Å². The van der Waals surface area contributed by atoms with Gasteiger partial charge in [0, 0.05) is 30.8 Å². The summed E-state index contributed by atoms with van der Waals surface area (Å²) in [6.45, 7) is 1.70. The molecule has 6 nitrogen and oxygen atoms in total. The minimum Gasteiger partial charge on any atom is -0.497 e. The SMILES string of the molecule is COc1ccc(C2CCCCN(C(=O)Nc3ccc4c(c3)OCO4)C2)cc1. The Morgan fingerprint density at radius 1 is 1.11 bits per heavy atom. The Bertz CT molecular complexity index is 806. The number of fused-ring (bicyclic) bond motifs is 1. The molecule has 6 heteroatoms. The number of nitrogens with one attached hydrogen (secondary N) is 1. The molecular weight excluding hydrogens is 344 g/mol. The van der Waals surface area contributed by atoms with Gasteiger partial charge >= 0.3 is 6.03 Å². The molecule has 2 aliphatic heterocycles. The Morgan fingerprint density at radius 2 is 1.93 bits per heavy atom. The van der Waals surface area contributed by atoms with Crippen LogP contribution < -0.4 is 19.5 Å². The van der Waals surface area contributed by atoms with E-state index in [0.29, 0.717) is 24.0 Å². The molecule has 0 aromatic heterocycles. The smallest absolute Gasteiger partial charge is 0.321 e. The fourth-order valence-corrected chi connectivity index (χ4v) is 3.65. The summed E-state index contributed by atoms with van der Waals surface area (Å²) in [6, 6.07) is 13.6. The Balaban J connectivity index is 1.44. The largest absolute Gasteiger partial charge is 0.497 e. The lowest BCUT2D eigenvalue weighted by Gasteiger charge is -2.25. The number of ether oxygens (including phenoxy) is 3. The summed E-state index contributed by atoms with van der Waals surface area (Å²) in [5.74, 6) is 2.56. The number of urea groups is 1. The molecular formula is C21H24N2O4. The third kappa shape index (κ3) is 3.94. The molecule has 2 aromatic carbocycles. The van der Waals surface area contributed by atoms with Gasteiger partial charge in [-0.05, 0) is 42.7 Å². The van der Waals surface area contributed by atoms with Crippen LogP contribution in [0.15, 0.2) is 42.5 Å². The predicted octanol–water partition coefficient (Wildman–Crippen LogP) is 4.23. The molecule has 0 aliphatic carbocycles. The van der Waals surface area contributed by atoms with Crippen LogP contribution in [0.2, 0.25) is 0 Å². The maximum Gasteiger partial charge on any atom is 0.321 e. The lowest BCUT2D eigenvalue weighted by atomic mass is 9.94. The number of rotatable bonds is 3. The van der Waals surface area contributed by atoms with Crippen molar-refractivity contribution in [1.82, 2.24) is 4.90 Å². The van der Waals surface area contributed by atoms with E-state index in [4.69, 9.17) is 14.2 Å². The molecule has 2 heterocycles. The standard InChI is InChI=1S/C21H24N2O4/c1-25-18-8-5-15(6-9-18)16-4-2-3-11-23(13-16)21(24)22-17-7-10-19-20(12-17)27-14-26-19/h5-10,12,16H,2-4,11,13-14H2,1H3,(H,22,24). The summed E-state index contributed by atoms with van der Waals surface area (Å²) in [5.41, 5.74) is 1.97. The highest BCUT2D eigenvalue weighted by atomic mass is 16.7. The molecule has 1 N–H and O–H groups in total. The van der Waals surface area contributed by atoms with E-state index in [1.54, 1.807) is 13.2 Å². The van der Waals surface area contributed by atoms with Gasteiger partial charge in [0.25, 0.3) is 0 Å². The number of anilines is 1. The molecule has 0 spiro atoms. The van der Waals surface area contributed by atoms with E-state index < -0.39 is 0 Å². The van der Waals surface area contributed by atoms with Crippen LogP contribution in [0, 0.1) is 0 Å². The van der Waals surface area contributed by atoms with E-state index >= 15 is 0 Å². The third-order valence-electron chi connectivity index (χ3n) is 5.17. The van der Waals surface area contributed by atoms with Gasteiger partial charge in [0.2, 0.25) is 6.79 Å². The van der Waals surface area contributed by atoms with Crippen LogP contribution in [0.25, 0.3) is 0 Å². The van der Waals surface area contributed by atoms with Crippen molar-refractivity contribution < 1.29 is 19.0 Å². The van der Waals surface area contributed by atoms with Gasteiger partial charge in [0.15, 0.2) is 11.5 Å². The van der Waals surface area contributed by atoms with Crippen molar-refractivity contribution in [2.24, 2.45) is 0 Å². The van der Waals surface area contributed by atoms with Gasteiger partial charge in [0.05, 0.1) is 7.11 Å². The van der Waals surface area contributed by atoms with Gasteiger partial charge in [-0.15, -0.1) is 0 Å². The zero-order valence-corrected chi connectivity index (χ0v) is 15.4. The lowest BCUT2D eigenvalue weighted by molar-refractivity contribution is 0.174. The maximum absolute atomic E-state index is 12.8. The fourth-order valence-electron chi connectivity index (χ4n) is 3.65. The summed E-state index contributed by atoms with van der Waals surface area (Å²) in [5, 5.41) is 2.99. The van der Waals surface area contributed by atoms with Crippen LogP contribution in [0.4, 0.5) is 10.5 Å². The van der Waals surface area contributed by atoms with E-state index in [1.807, 2.05) is 29.2 Å². The molecule has 27 heavy (non-hydrogen) atoms. The highest BCUT2D eigenvalue weighted by molar-refractivity contribution is 5.89. The number of methoxy groups -OCH3 is 1. The van der Waals surface area contributed by atoms with Crippen LogP contribution in [-0.4, -0.2) is 37.9 Å². The molecule has 142 valence electrons. The summed E-state index contributed by atoms with van der Waals surface area (Å²) < 4.78 is 15.9. The first-order valence-electron chi connectivity index (χ1n) is 9.32. The van der Waals surface area contributed by atoms with Crippen LogP contribution in [-0.2, 0) is 0 Å². The van der Waals surface area contributed by atoms with Gasteiger partial charge in [-0.2, -0.15) is 0 Å². The Labute approximate surface area is 159 Å². The molecule has 0 saturated carbocycles. The molecule has 0 bridgehead atoms. The summed E-state index contributed by atoms with van der Waals surface area (Å²) in [6.07, 6.45) is 3.21. The van der Waals surface area contributed by atoms with Gasteiger partial charge in [-0.3, -0.25) is 0 Å². The second-order valence-electron chi connectivity index (χ2n) is 6.91. The summed E-state index contributed by atoms with van der Waals surface area (Å²) in [7, 11) is 1.67. The minimum atomic E-state index is -0.0747. The zero-order chi connectivity index (χ0) is 18.6. The first-order chi connectivity index (χ1) is 13.2. The average molecular weight is 368 g/mol. The number of hydrogen-bond acceptors (Lipinski definition) is 4. The molecule has 2 aliphatic rings. The third-order valence-corrected chi connectivity index (χ3v) is 5.17. The van der Waals surface area contributed by atoms with Gasteiger partial charge < -0.3 is 24.4 Å². The Hall–Kier alpha value is -2.89. The number of carbonyl (C=O) groups is 1. The van der Waals surface area contributed by atoms with E-state index in [1.165, 1.54) is 5.56 Å². The van der Waals surface area contributed by atoms with Gasteiger partial charge in [-0.25, -0.2) is 4.79 Å². The minimum absolute atomic E-state index is 0.0747. The lowest BCUT2D eigenvalue weighted by Crippen LogP contribution is -2.37. The van der Waals surface area contributed by atoms with Crippen molar-refractivity contribution in [3.63, 3.8) is 0 Å². The molecule has 1 unspecified atom stereocenters.